The third-order valence-electron chi connectivity index (χ3n) is 3.57. The second-order valence-corrected chi connectivity index (χ2v) is 5.50. The van der Waals surface area contributed by atoms with Crippen LogP contribution in [0, 0.1) is 0 Å². The van der Waals surface area contributed by atoms with E-state index in [2.05, 4.69) is 26.0 Å². The molecule has 1 rings (SSSR count). The van der Waals surface area contributed by atoms with Crippen molar-refractivity contribution >= 4 is 0 Å². The van der Waals surface area contributed by atoms with E-state index in [1.807, 2.05) is 12.1 Å². The van der Waals surface area contributed by atoms with E-state index in [9.17, 15) is 5.11 Å². The Labute approximate surface area is 124 Å². The maximum Gasteiger partial charge on any atom is 0.102 e. The van der Waals surface area contributed by atoms with Gasteiger partial charge in [-0.25, -0.2) is 0 Å². The van der Waals surface area contributed by atoms with Gasteiger partial charge in [0, 0.05) is 6.61 Å². The lowest BCUT2D eigenvalue weighted by atomic mass is 10.0. The lowest BCUT2D eigenvalue weighted by Gasteiger charge is -2.12. The first-order valence-corrected chi connectivity index (χ1v) is 8.12. The van der Waals surface area contributed by atoms with Gasteiger partial charge in [-0.3, -0.25) is 0 Å². The minimum Gasteiger partial charge on any atom is -0.386 e. The topological polar surface area (TPSA) is 29.5 Å². The summed E-state index contributed by atoms with van der Waals surface area (Å²) in [6, 6.07) is 8.24. The monoisotopic (exact) mass is 278 g/mol. The van der Waals surface area contributed by atoms with Crippen LogP contribution in [0.1, 0.15) is 69.6 Å². The van der Waals surface area contributed by atoms with E-state index in [4.69, 9.17) is 4.74 Å². The van der Waals surface area contributed by atoms with Crippen molar-refractivity contribution in [2.45, 2.75) is 64.9 Å². The molecule has 0 saturated carbocycles. The highest BCUT2D eigenvalue weighted by atomic mass is 16.5. The molecule has 0 aliphatic heterocycles. The van der Waals surface area contributed by atoms with Crippen LogP contribution in [-0.2, 0) is 11.2 Å². The smallest absolute Gasteiger partial charge is 0.102 e. The molecular weight excluding hydrogens is 248 g/mol. The highest BCUT2D eigenvalue weighted by Gasteiger charge is 2.07. The summed E-state index contributed by atoms with van der Waals surface area (Å²) >= 11 is 0. The Morgan fingerprint density at radius 2 is 1.65 bits per heavy atom. The van der Waals surface area contributed by atoms with Crippen molar-refractivity contribution in [3.05, 3.63) is 35.4 Å². The minimum absolute atomic E-state index is 0.404. The molecule has 1 N–H and O–H groups in total. The summed E-state index contributed by atoms with van der Waals surface area (Å²) in [5.74, 6) is 0. The highest BCUT2D eigenvalue weighted by Crippen LogP contribution is 2.15. The maximum atomic E-state index is 10.1. The van der Waals surface area contributed by atoms with E-state index in [0.717, 1.165) is 31.4 Å². The molecule has 2 heteroatoms. The van der Waals surface area contributed by atoms with Gasteiger partial charge in [-0.2, -0.15) is 0 Å². The summed E-state index contributed by atoms with van der Waals surface area (Å²) in [7, 11) is 0. The number of ether oxygens (including phenoxy) is 1. The summed E-state index contributed by atoms with van der Waals surface area (Å²) in [4.78, 5) is 0. The summed E-state index contributed by atoms with van der Waals surface area (Å²) < 4.78 is 5.56. The normalized spacial score (nSPS) is 12.6. The molecule has 2 nitrogen and oxygen atoms in total. The molecule has 0 amide bonds. The van der Waals surface area contributed by atoms with Crippen molar-refractivity contribution < 1.29 is 9.84 Å². The van der Waals surface area contributed by atoms with Crippen LogP contribution in [0.5, 0.6) is 0 Å². The second-order valence-electron chi connectivity index (χ2n) is 5.50. The zero-order valence-corrected chi connectivity index (χ0v) is 13.1. The number of aliphatic hydroxyl groups is 1. The number of hydrogen-bond acceptors (Lipinski definition) is 2. The standard InChI is InChI=1S/C18H30O2/c1-3-5-6-7-8-14-20-15-18(19)17-12-10-16(9-4-2)11-13-17/h10-13,18-19H,3-9,14-15H2,1-2H3. The Balaban J connectivity index is 2.17. The van der Waals surface area contributed by atoms with Gasteiger partial charge >= 0.3 is 0 Å². The van der Waals surface area contributed by atoms with Crippen LogP contribution in [0.15, 0.2) is 24.3 Å². The Morgan fingerprint density at radius 3 is 2.30 bits per heavy atom. The van der Waals surface area contributed by atoms with Crippen LogP contribution in [0.4, 0.5) is 0 Å². The molecule has 1 aromatic rings. The van der Waals surface area contributed by atoms with E-state index in [1.165, 1.54) is 31.2 Å². The molecule has 1 atom stereocenters. The van der Waals surface area contributed by atoms with Gasteiger partial charge < -0.3 is 9.84 Å². The van der Waals surface area contributed by atoms with Crippen LogP contribution in [0.25, 0.3) is 0 Å². The average Bonchev–Trinajstić information content (AvgIpc) is 2.47. The van der Waals surface area contributed by atoms with E-state index in [1.54, 1.807) is 0 Å². The van der Waals surface area contributed by atoms with Gasteiger partial charge in [-0.15, -0.1) is 0 Å². The van der Waals surface area contributed by atoms with Gasteiger partial charge in [0.05, 0.1) is 6.61 Å². The Morgan fingerprint density at radius 1 is 0.950 bits per heavy atom. The van der Waals surface area contributed by atoms with E-state index >= 15 is 0 Å². The SMILES string of the molecule is CCCCCCCOCC(O)c1ccc(CCC)cc1. The molecule has 1 unspecified atom stereocenters. The summed E-state index contributed by atoms with van der Waals surface area (Å²) in [5, 5.41) is 10.1. The van der Waals surface area contributed by atoms with Crippen LogP contribution in [0.2, 0.25) is 0 Å². The van der Waals surface area contributed by atoms with E-state index < -0.39 is 6.10 Å². The zero-order valence-electron chi connectivity index (χ0n) is 13.1. The minimum atomic E-state index is -0.499. The van der Waals surface area contributed by atoms with E-state index in [-0.39, 0.29) is 0 Å². The number of hydrogen-bond donors (Lipinski definition) is 1. The number of unbranched alkanes of at least 4 members (excludes halogenated alkanes) is 4. The van der Waals surface area contributed by atoms with Crippen LogP contribution >= 0.6 is 0 Å². The quantitative estimate of drug-likeness (QED) is 0.597. The first kappa shape index (κ1) is 17.2. The molecule has 0 aliphatic rings. The number of benzene rings is 1. The summed E-state index contributed by atoms with van der Waals surface area (Å²) in [6.07, 6.45) is 7.97. The molecule has 1 aromatic carbocycles. The molecule has 0 aliphatic carbocycles. The summed E-state index contributed by atoms with van der Waals surface area (Å²) in [5.41, 5.74) is 2.29. The Bertz CT molecular complexity index is 332. The average molecular weight is 278 g/mol. The fraction of sp³-hybridized carbons (Fsp3) is 0.667. The largest absolute Gasteiger partial charge is 0.386 e. The van der Waals surface area contributed by atoms with Crippen molar-refractivity contribution in [1.29, 1.82) is 0 Å². The summed E-state index contributed by atoms with van der Waals surface area (Å²) in [6.45, 7) is 5.56. The molecule has 0 bridgehead atoms. The van der Waals surface area contributed by atoms with Gasteiger partial charge in [0.15, 0.2) is 0 Å². The Kier molecular flexibility index (Phi) is 9.35. The predicted octanol–water partition coefficient (Wildman–Crippen LogP) is 4.66. The van der Waals surface area contributed by atoms with Gasteiger partial charge in [0.25, 0.3) is 0 Å². The second kappa shape index (κ2) is 10.9. The first-order valence-electron chi connectivity index (χ1n) is 8.12. The lowest BCUT2D eigenvalue weighted by Crippen LogP contribution is -2.08. The van der Waals surface area contributed by atoms with Crippen molar-refractivity contribution in [1.82, 2.24) is 0 Å². The van der Waals surface area contributed by atoms with Gasteiger partial charge in [-0.1, -0.05) is 70.2 Å². The molecule has 0 heterocycles. The molecule has 114 valence electrons. The van der Waals surface area contributed by atoms with E-state index in [0.29, 0.717) is 6.61 Å². The van der Waals surface area contributed by atoms with Crippen molar-refractivity contribution in [3.8, 4) is 0 Å². The van der Waals surface area contributed by atoms with Gasteiger partial charge in [0.2, 0.25) is 0 Å². The van der Waals surface area contributed by atoms with Crippen molar-refractivity contribution in [2.75, 3.05) is 13.2 Å². The lowest BCUT2D eigenvalue weighted by molar-refractivity contribution is 0.0344. The molecule has 0 radical (unpaired) electrons. The van der Waals surface area contributed by atoms with Crippen LogP contribution in [0.3, 0.4) is 0 Å². The molecule has 0 aromatic heterocycles. The van der Waals surface area contributed by atoms with Gasteiger partial charge in [0.1, 0.15) is 6.10 Å². The van der Waals surface area contributed by atoms with Crippen molar-refractivity contribution in [3.63, 3.8) is 0 Å². The number of aliphatic hydroxyl groups excluding tert-OH is 1. The zero-order chi connectivity index (χ0) is 14.6. The molecule has 0 fully saturated rings. The highest BCUT2D eigenvalue weighted by molar-refractivity contribution is 5.24. The van der Waals surface area contributed by atoms with Gasteiger partial charge in [-0.05, 0) is 24.0 Å². The fourth-order valence-electron chi connectivity index (χ4n) is 2.29. The third kappa shape index (κ3) is 7.06. The van der Waals surface area contributed by atoms with Crippen molar-refractivity contribution in [2.24, 2.45) is 0 Å². The van der Waals surface area contributed by atoms with Crippen LogP contribution in [-0.4, -0.2) is 18.3 Å². The Hall–Kier alpha value is -0.860. The molecule has 20 heavy (non-hydrogen) atoms. The molecular formula is C18H30O2. The number of aryl methyl sites for hydroxylation is 1. The van der Waals surface area contributed by atoms with Crippen LogP contribution < -0.4 is 0 Å². The maximum absolute atomic E-state index is 10.1. The molecule has 0 spiro atoms. The number of rotatable bonds is 11. The fourth-order valence-corrected chi connectivity index (χ4v) is 2.29. The first-order chi connectivity index (χ1) is 9.77. The predicted molar refractivity (Wildman–Crippen MR) is 85.0 cm³/mol. The third-order valence-corrected chi connectivity index (χ3v) is 3.57. The molecule has 0 saturated heterocycles.